The Morgan fingerprint density at radius 2 is 1.18 bits per heavy atom. The summed E-state index contributed by atoms with van der Waals surface area (Å²) >= 11 is 0. The van der Waals surface area contributed by atoms with E-state index in [0.717, 1.165) is 11.8 Å². The maximum absolute atomic E-state index is 2.32. The van der Waals surface area contributed by atoms with E-state index in [-0.39, 0.29) is 0 Å². The maximum atomic E-state index is 2.32. The standard InChI is InChI=1S/C17H28/c1-12(2)10-15-8-7-9-16(11-13(3)4)17(15)14(5)6/h7-9,12-14H,10-11H2,1-6H3. The normalized spacial score (nSPS) is 11.8. The molecule has 0 nitrogen and oxygen atoms in total. The minimum atomic E-state index is 0.638. The lowest BCUT2D eigenvalue weighted by Gasteiger charge is -2.20. The zero-order valence-corrected chi connectivity index (χ0v) is 12.4. The number of hydrogen-bond donors (Lipinski definition) is 0. The van der Waals surface area contributed by atoms with E-state index in [1.165, 1.54) is 12.8 Å². The van der Waals surface area contributed by atoms with Crippen LogP contribution in [-0.2, 0) is 12.8 Å². The molecule has 0 saturated carbocycles. The Labute approximate surface area is 107 Å². The molecular weight excluding hydrogens is 204 g/mol. The first-order valence-electron chi connectivity index (χ1n) is 7.02. The van der Waals surface area contributed by atoms with Crippen LogP contribution in [0.5, 0.6) is 0 Å². The fraction of sp³-hybridized carbons (Fsp3) is 0.647. The minimum Gasteiger partial charge on any atom is -0.0625 e. The van der Waals surface area contributed by atoms with E-state index in [9.17, 15) is 0 Å². The number of benzene rings is 1. The van der Waals surface area contributed by atoms with Gasteiger partial charge in [0.2, 0.25) is 0 Å². The molecule has 1 aromatic rings. The Kier molecular flexibility index (Phi) is 5.24. The lowest BCUT2D eigenvalue weighted by molar-refractivity contribution is 0.620. The van der Waals surface area contributed by atoms with Gasteiger partial charge in [0.1, 0.15) is 0 Å². The van der Waals surface area contributed by atoms with Gasteiger partial charge < -0.3 is 0 Å². The molecule has 0 amide bonds. The lowest BCUT2D eigenvalue weighted by Crippen LogP contribution is -2.07. The summed E-state index contributed by atoms with van der Waals surface area (Å²) in [5.74, 6) is 2.11. The van der Waals surface area contributed by atoms with Gasteiger partial charge in [-0.1, -0.05) is 59.7 Å². The molecule has 17 heavy (non-hydrogen) atoms. The molecular formula is C17H28. The summed E-state index contributed by atoms with van der Waals surface area (Å²) in [4.78, 5) is 0. The first-order chi connectivity index (χ1) is 7.91. The molecule has 0 heterocycles. The topological polar surface area (TPSA) is 0 Å². The highest BCUT2D eigenvalue weighted by Gasteiger charge is 2.13. The summed E-state index contributed by atoms with van der Waals surface area (Å²) in [6.45, 7) is 13.9. The van der Waals surface area contributed by atoms with Gasteiger partial charge in [-0.05, 0) is 47.3 Å². The predicted octanol–water partition coefficient (Wildman–Crippen LogP) is 5.21. The summed E-state index contributed by atoms with van der Waals surface area (Å²) in [6.07, 6.45) is 2.42. The summed E-state index contributed by atoms with van der Waals surface area (Å²) in [6, 6.07) is 6.87. The van der Waals surface area contributed by atoms with Crippen LogP contribution < -0.4 is 0 Å². The maximum Gasteiger partial charge on any atom is -0.0213 e. The van der Waals surface area contributed by atoms with Crippen molar-refractivity contribution in [2.75, 3.05) is 0 Å². The predicted molar refractivity (Wildman–Crippen MR) is 77.6 cm³/mol. The molecule has 0 unspecified atom stereocenters. The number of rotatable bonds is 5. The molecule has 0 bridgehead atoms. The van der Waals surface area contributed by atoms with E-state index in [1.54, 1.807) is 16.7 Å². The first kappa shape index (κ1) is 14.3. The largest absolute Gasteiger partial charge is 0.0625 e. The van der Waals surface area contributed by atoms with Gasteiger partial charge in [-0.2, -0.15) is 0 Å². The quantitative estimate of drug-likeness (QED) is 0.654. The van der Waals surface area contributed by atoms with Crippen LogP contribution in [-0.4, -0.2) is 0 Å². The van der Waals surface area contributed by atoms with E-state index in [4.69, 9.17) is 0 Å². The van der Waals surface area contributed by atoms with Crippen molar-refractivity contribution < 1.29 is 0 Å². The Bertz CT molecular complexity index is 317. The molecule has 96 valence electrons. The van der Waals surface area contributed by atoms with Crippen molar-refractivity contribution in [1.29, 1.82) is 0 Å². The van der Waals surface area contributed by atoms with Gasteiger partial charge >= 0.3 is 0 Å². The van der Waals surface area contributed by atoms with E-state index in [2.05, 4.69) is 59.7 Å². The van der Waals surface area contributed by atoms with Crippen LogP contribution in [0.4, 0.5) is 0 Å². The van der Waals surface area contributed by atoms with Crippen LogP contribution in [0, 0.1) is 11.8 Å². The average molecular weight is 232 g/mol. The molecule has 0 spiro atoms. The Morgan fingerprint density at radius 3 is 1.47 bits per heavy atom. The van der Waals surface area contributed by atoms with Crippen LogP contribution >= 0.6 is 0 Å². The minimum absolute atomic E-state index is 0.638. The SMILES string of the molecule is CC(C)Cc1cccc(CC(C)C)c1C(C)C. The zero-order valence-electron chi connectivity index (χ0n) is 12.4. The van der Waals surface area contributed by atoms with E-state index in [1.807, 2.05) is 0 Å². The zero-order chi connectivity index (χ0) is 13.0. The second-order valence-corrected chi connectivity index (χ2v) is 6.34. The summed E-state index contributed by atoms with van der Waals surface area (Å²) in [5, 5.41) is 0. The first-order valence-corrected chi connectivity index (χ1v) is 7.02. The van der Waals surface area contributed by atoms with Crippen molar-refractivity contribution in [2.24, 2.45) is 11.8 Å². The molecule has 1 aromatic carbocycles. The highest BCUT2D eigenvalue weighted by Crippen LogP contribution is 2.27. The van der Waals surface area contributed by atoms with Gasteiger partial charge in [-0.15, -0.1) is 0 Å². The third-order valence-corrected chi connectivity index (χ3v) is 3.12. The van der Waals surface area contributed by atoms with Gasteiger partial charge in [0, 0.05) is 0 Å². The summed E-state index contributed by atoms with van der Waals surface area (Å²) in [7, 11) is 0. The smallest absolute Gasteiger partial charge is 0.0213 e. The lowest BCUT2D eigenvalue weighted by atomic mass is 9.85. The van der Waals surface area contributed by atoms with Gasteiger partial charge in [0.25, 0.3) is 0 Å². The van der Waals surface area contributed by atoms with Crippen molar-refractivity contribution in [2.45, 2.75) is 60.3 Å². The fourth-order valence-corrected chi connectivity index (χ4v) is 2.64. The molecule has 0 heteroatoms. The fourth-order valence-electron chi connectivity index (χ4n) is 2.64. The van der Waals surface area contributed by atoms with Gasteiger partial charge in [-0.3, -0.25) is 0 Å². The van der Waals surface area contributed by atoms with Crippen LogP contribution in [0.2, 0.25) is 0 Å². The van der Waals surface area contributed by atoms with Crippen molar-refractivity contribution in [1.82, 2.24) is 0 Å². The molecule has 0 aliphatic heterocycles. The second kappa shape index (κ2) is 6.23. The van der Waals surface area contributed by atoms with Gasteiger partial charge in [0.05, 0.1) is 0 Å². The van der Waals surface area contributed by atoms with E-state index in [0.29, 0.717) is 5.92 Å². The van der Waals surface area contributed by atoms with Crippen LogP contribution in [0.3, 0.4) is 0 Å². The van der Waals surface area contributed by atoms with Gasteiger partial charge in [-0.25, -0.2) is 0 Å². The van der Waals surface area contributed by atoms with Crippen molar-refractivity contribution >= 4 is 0 Å². The molecule has 0 saturated heterocycles. The monoisotopic (exact) mass is 232 g/mol. The Hall–Kier alpha value is -0.780. The number of hydrogen-bond acceptors (Lipinski definition) is 0. The Morgan fingerprint density at radius 1 is 0.765 bits per heavy atom. The van der Waals surface area contributed by atoms with Crippen molar-refractivity contribution in [3.8, 4) is 0 Å². The Balaban J connectivity index is 3.12. The molecule has 0 fully saturated rings. The van der Waals surface area contributed by atoms with E-state index < -0.39 is 0 Å². The van der Waals surface area contributed by atoms with Crippen molar-refractivity contribution in [3.63, 3.8) is 0 Å². The molecule has 0 N–H and O–H groups in total. The molecule has 0 atom stereocenters. The molecule has 0 aliphatic carbocycles. The third-order valence-electron chi connectivity index (χ3n) is 3.12. The summed E-state index contributed by atoms with van der Waals surface area (Å²) < 4.78 is 0. The van der Waals surface area contributed by atoms with Crippen LogP contribution in [0.15, 0.2) is 18.2 Å². The molecule has 1 rings (SSSR count). The molecule has 0 aliphatic rings. The second-order valence-electron chi connectivity index (χ2n) is 6.34. The summed E-state index contributed by atoms with van der Waals surface area (Å²) in [5.41, 5.74) is 4.73. The highest BCUT2D eigenvalue weighted by molar-refractivity contribution is 5.38. The van der Waals surface area contributed by atoms with Crippen LogP contribution in [0.1, 0.15) is 64.2 Å². The van der Waals surface area contributed by atoms with Crippen LogP contribution in [0.25, 0.3) is 0 Å². The molecule has 0 radical (unpaired) electrons. The average Bonchev–Trinajstić information content (AvgIpc) is 2.14. The van der Waals surface area contributed by atoms with Gasteiger partial charge in [0.15, 0.2) is 0 Å². The van der Waals surface area contributed by atoms with Crippen molar-refractivity contribution in [3.05, 3.63) is 34.9 Å². The third kappa shape index (κ3) is 4.18. The molecule has 0 aromatic heterocycles. The highest BCUT2D eigenvalue weighted by atomic mass is 14.2. The van der Waals surface area contributed by atoms with E-state index >= 15 is 0 Å².